The first-order valence-electron chi connectivity index (χ1n) is 4.66. The van der Waals surface area contributed by atoms with Gasteiger partial charge in [0.25, 0.3) is 0 Å². The van der Waals surface area contributed by atoms with Crippen molar-refractivity contribution in [2.24, 2.45) is 0 Å². The van der Waals surface area contributed by atoms with Crippen LogP contribution in [0.15, 0.2) is 6.07 Å². The van der Waals surface area contributed by atoms with Gasteiger partial charge < -0.3 is 10.1 Å². The molecule has 72 valence electrons. The molecule has 0 aliphatic carbocycles. The van der Waals surface area contributed by atoms with Crippen LogP contribution in [0.4, 0.5) is 0 Å². The topological polar surface area (TPSA) is 21.3 Å². The molecule has 2 heterocycles. The highest BCUT2D eigenvalue weighted by Gasteiger charge is 2.18. The number of ether oxygens (including phenoxy) is 1. The van der Waals surface area contributed by atoms with Crippen LogP contribution < -0.4 is 5.32 Å². The van der Waals surface area contributed by atoms with E-state index in [9.17, 15) is 0 Å². The fraction of sp³-hybridized carbons (Fsp3) is 0.600. The van der Waals surface area contributed by atoms with Crippen molar-refractivity contribution >= 4 is 11.3 Å². The Hall–Kier alpha value is -0.380. The highest BCUT2D eigenvalue weighted by atomic mass is 32.1. The summed E-state index contributed by atoms with van der Waals surface area (Å²) in [5, 5.41) is 3.35. The molecule has 3 heteroatoms. The van der Waals surface area contributed by atoms with Gasteiger partial charge in [-0.1, -0.05) is 0 Å². The van der Waals surface area contributed by atoms with Crippen LogP contribution in [-0.2, 0) is 4.74 Å². The third kappa shape index (κ3) is 1.93. The van der Waals surface area contributed by atoms with E-state index in [1.807, 2.05) is 11.3 Å². The fourth-order valence-corrected chi connectivity index (χ4v) is 2.71. The van der Waals surface area contributed by atoms with Crippen LogP contribution in [0.25, 0.3) is 0 Å². The van der Waals surface area contributed by atoms with Gasteiger partial charge in [0.15, 0.2) is 0 Å². The highest BCUT2D eigenvalue weighted by Crippen LogP contribution is 2.28. The first-order chi connectivity index (χ1) is 6.27. The largest absolute Gasteiger partial charge is 0.371 e. The minimum atomic E-state index is 0.277. The monoisotopic (exact) mass is 197 g/mol. The van der Waals surface area contributed by atoms with Crippen molar-refractivity contribution in [3.8, 4) is 0 Å². The van der Waals surface area contributed by atoms with Crippen molar-refractivity contribution < 1.29 is 4.74 Å². The highest BCUT2D eigenvalue weighted by molar-refractivity contribution is 7.12. The van der Waals surface area contributed by atoms with E-state index < -0.39 is 0 Å². The Morgan fingerprint density at radius 2 is 2.38 bits per heavy atom. The molecular weight excluding hydrogens is 182 g/mol. The average molecular weight is 197 g/mol. The van der Waals surface area contributed by atoms with E-state index in [0.717, 1.165) is 19.7 Å². The number of rotatable bonds is 1. The molecule has 1 unspecified atom stereocenters. The van der Waals surface area contributed by atoms with Crippen molar-refractivity contribution in [3.05, 3.63) is 21.4 Å². The minimum Gasteiger partial charge on any atom is -0.371 e. The van der Waals surface area contributed by atoms with Gasteiger partial charge in [-0.25, -0.2) is 0 Å². The predicted molar refractivity (Wildman–Crippen MR) is 55.4 cm³/mol. The molecule has 1 saturated heterocycles. The second-order valence-electron chi connectivity index (χ2n) is 3.43. The van der Waals surface area contributed by atoms with Crippen molar-refractivity contribution in [1.29, 1.82) is 0 Å². The molecule has 1 aromatic heterocycles. The second kappa shape index (κ2) is 3.78. The molecule has 0 bridgehead atoms. The maximum Gasteiger partial charge on any atom is 0.0960 e. The predicted octanol–water partition coefficient (Wildman–Crippen LogP) is 2.03. The number of thiophene rings is 1. The normalized spacial score (nSPS) is 23.4. The Labute approximate surface area is 82.9 Å². The van der Waals surface area contributed by atoms with Crippen molar-refractivity contribution in [3.63, 3.8) is 0 Å². The molecule has 0 saturated carbocycles. The van der Waals surface area contributed by atoms with E-state index in [1.165, 1.54) is 15.3 Å². The van der Waals surface area contributed by atoms with Crippen LogP contribution in [0.2, 0.25) is 0 Å². The summed E-state index contributed by atoms with van der Waals surface area (Å²) in [5.74, 6) is 0. The van der Waals surface area contributed by atoms with Crippen LogP contribution in [0, 0.1) is 13.8 Å². The Morgan fingerprint density at radius 3 is 2.92 bits per heavy atom. The maximum atomic E-state index is 5.70. The molecular formula is C10H15NOS. The summed E-state index contributed by atoms with van der Waals surface area (Å²) in [4.78, 5) is 2.77. The standard InChI is InChI=1S/C10H15NOS/c1-7-5-9(8(2)13-7)10-6-11-3-4-12-10/h5,10-11H,3-4,6H2,1-2H3. The van der Waals surface area contributed by atoms with Gasteiger partial charge in [0, 0.05) is 22.8 Å². The van der Waals surface area contributed by atoms with Crippen LogP contribution in [0.5, 0.6) is 0 Å². The summed E-state index contributed by atoms with van der Waals surface area (Å²) in [6, 6.07) is 2.25. The van der Waals surface area contributed by atoms with Gasteiger partial charge in [-0.15, -0.1) is 11.3 Å². The number of hydrogen-bond acceptors (Lipinski definition) is 3. The molecule has 0 amide bonds. The fourth-order valence-electron chi connectivity index (χ4n) is 1.74. The van der Waals surface area contributed by atoms with E-state index in [4.69, 9.17) is 4.74 Å². The summed E-state index contributed by atoms with van der Waals surface area (Å²) in [6.45, 7) is 7.09. The first-order valence-corrected chi connectivity index (χ1v) is 5.48. The molecule has 2 rings (SSSR count). The average Bonchev–Trinajstić information content (AvgIpc) is 2.47. The van der Waals surface area contributed by atoms with Crippen LogP contribution in [0.1, 0.15) is 21.4 Å². The molecule has 1 N–H and O–H groups in total. The van der Waals surface area contributed by atoms with Crippen molar-refractivity contribution in [1.82, 2.24) is 5.32 Å². The lowest BCUT2D eigenvalue weighted by atomic mass is 10.1. The van der Waals surface area contributed by atoms with Gasteiger partial charge >= 0.3 is 0 Å². The van der Waals surface area contributed by atoms with E-state index in [2.05, 4.69) is 25.2 Å². The summed E-state index contributed by atoms with van der Waals surface area (Å²) in [6.07, 6.45) is 0.277. The van der Waals surface area contributed by atoms with Crippen molar-refractivity contribution in [2.45, 2.75) is 20.0 Å². The Morgan fingerprint density at radius 1 is 1.54 bits per heavy atom. The minimum absolute atomic E-state index is 0.277. The zero-order valence-corrected chi connectivity index (χ0v) is 8.91. The van der Waals surface area contributed by atoms with E-state index in [-0.39, 0.29) is 6.10 Å². The zero-order valence-electron chi connectivity index (χ0n) is 8.09. The Kier molecular flexibility index (Phi) is 2.67. The van der Waals surface area contributed by atoms with Gasteiger partial charge in [0.2, 0.25) is 0 Å². The summed E-state index contributed by atoms with van der Waals surface area (Å²) < 4.78 is 5.70. The summed E-state index contributed by atoms with van der Waals surface area (Å²) >= 11 is 1.86. The third-order valence-corrected chi connectivity index (χ3v) is 3.34. The Balaban J connectivity index is 2.18. The summed E-state index contributed by atoms with van der Waals surface area (Å²) in [5.41, 5.74) is 1.37. The van der Waals surface area contributed by atoms with E-state index in [0.29, 0.717) is 0 Å². The van der Waals surface area contributed by atoms with Crippen LogP contribution in [-0.4, -0.2) is 19.7 Å². The maximum absolute atomic E-state index is 5.70. The van der Waals surface area contributed by atoms with E-state index in [1.54, 1.807) is 0 Å². The molecule has 0 aromatic carbocycles. The Bertz CT molecular complexity index is 289. The van der Waals surface area contributed by atoms with Gasteiger partial charge in [-0.2, -0.15) is 0 Å². The number of morpholine rings is 1. The van der Waals surface area contributed by atoms with Gasteiger partial charge in [-0.05, 0) is 25.5 Å². The van der Waals surface area contributed by atoms with Gasteiger partial charge in [0.1, 0.15) is 0 Å². The third-order valence-electron chi connectivity index (χ3n) is 2.35. The molecule has 1 aromatic rings. The number of hydrogen-bond donors (Lipinski definition) is 1. The molecule has 2 nitrogen and oxygen atoms in total. The lowest BCUT2D eigenvalue weighted by Crippen LogP contribution is -2.33. The molecule has 1 fully saturated rings. The smallest absolute Gasteiger partial charge is 0.0960 e. The molecule has 13 heavy (non-hydrogen) atoms. The summed E-state index contributed by atoms with van der Waals surface area (Å²) in [7, 11) is 0. The van der Waals surface area contributed by atoms with Crippen molar-refractivity contribution in [2.75, 3.05) is 19.7 Å². The molecule has 0 radical (unpaired) electrons. The van der Waals surface area contributed by atoms with Gasteiger partial charge in [-0.3, -0.25) is 0 Å². The first kappa shape index (κ1) is 9.19. The zero-order chi connectivity index (χ0) is 9.26. The van der Waals surface area contributed by atoms with Gasteiger partial charge in [0.05, 0.1) is 12.7 Å². The van der Waals surface area contributed by atoms with Crippen LogP contribution >= 0.6 is 11.3 Å². The molecule has 1 aliphatic rings. The van der Waals surface area contributed by atoms with E-state index >= 15 is 0 Å². The molecule has 1 atom stereocenters. The lowest BCUT2D eigenvalue weighted by Gasteiger charge is -2.23. The second-order valence-corrected chi connectivity index (χ2v) is 4.89. The number of nitrogens with one attached hydrogen (secondary N) is 1. The van der Waals surface area contributed by atoms with Crippen LogP contribution in [0.3, 0.4) is 0 Å². The molecule has 1 aliphatic heterocycles. The lowest BCUT2D eigenvalue weighted by molar-refractivity contribution is 0.0276. The molecule has 0 spiro atoms. The quantitative estimate of drug-likeness (QED) is 0.743. The SMILES string of the molecule is Cc1cc(C2CNCCO2)c(C)s1. The number of aryl methyl sites for hydroxylation is 2.